The maximum atomic E-state index is 4.36. The van der Waals surface area contributed by atoms with Crippen LogP contribution in [0.15, 0.2) is 97.6 Å². The van der Waals surface area contributed by atoms with Gasteiger partial charge in [-0.3, -0.25) is 4.68 Å². The van der Waals surface area contributed by atoms with Gasteiger partial charge in [-0.15, -0.1) is 0 Å². The van der Waals surface area contributed by atoms with Crippen LogP contribution in [0.3, 0.4) is 0 Å². The lowest BCUT2D eigenvalue weighted by Crippen LogP contribution is -2.59. The monoisotopic (exact) mass is 355 g/mol. The van der Waals surface area contributed by atoms with Crippen LogP contribution in [0.5, 0.6) is 0 Å². The van der Waals surface area contributed by atoms with E-state index < -0.39 is 8.07 Å². The van der Waals surface area contributed by atoms with E-state index in [-0.39, 0.29) is 0 Å². The first-order valence-electron chi connectivity index (χ1n) is 8.80. The highest BCUT2D eigenvalue weighted by molar-refractivity contribution is 7.00. The average Bonchev–Trinajstić information content (AvgIpc) is 3.22. The van der Waals surface area contributed by atoms with Gasteiger partial charge in [0.05, 0.1) is 0 Å². The quantitative estimate of drug-likeness (QED) is 0.514. The summed E-state index contributed by atoms with van der Waals surface area (Å²) in [6.07, 6.45) is 4.30. The van der Waals surface area contributed by atoms with Gasteiger partial charge in [-0.25, -0.2) is 4.98 Å². The molecule has 0 spiro atoms. The third-order valence-electron chi connectivity index (χ3n) is 4.98. The molecular weight excluding hydrogens is 334 g/mol. The smallest absolute Gasteiger partial charge is 0.137 e. The van der Waals surface area contributed by atoms with E-state index >= 15 is 0 Å². The molecule has 0 radical (unpaired) electrons. The number of nitrogens with zero attached hydrogens (tertiary/aromatic N) is 3. The van der Waals surface area contributed by atoms with Gasteiger partial charge in [0.15, 0.2) is 0 Å². The molecule has 0 saturated heterocycles. The van der Waals surface area contributed by atoms with Crippen LogP contribution in [0.25, 0.3) is 11.1 Å². The number of rotatable bonds is 5. The van der Waals surface area contributed by atoms with Gasteiger partial charge in [-0.05, 0) is 11.1 Å². The second-order valence-corrected chi connectivity index (χ2v) is 10.9. The molecule has 0 amide bonds. The molecular formula is C22H21N3Si. The lowest BCUT2D eigenvalue weighted by atomic mass is 10.1. The Bertz CT molecular complexity index is 951. The summed E-state index contributed by atoms with van der Waals surface area (Å²) < 4.78 is 1.96. The van der Waals surface area contributed by atoms with Crippen LogP contribution in [0, 0.1) is 0 Å². The van der Waals surface area contributed by atoms with Gasteiger partial charge in [0.1, 0.15) is 20.7 Å². The van der Waals surface area contributed by atoms with Gasteiger partial charge in [-0.2, -0.15) is 5.10 Å². The minimum absolute atomic E-state index is 0.877. The molecule has 128 valence electrons. The zero-order chi connectivity index (χ0) is 17.8. The number of aromatic nitrogens is 3. The third-order valence-corrected chi connectivity index (χ3v) is 9.16. The van der Waals surface area contributed by atoms with Gasteiger partial charge >= 0.3 is 0 Å². The molecule has 0 aliphatic carbocycles. The fourth-order valence-electron chi connectivity index (χ4n) is 3.45. The lowest BCUT2D eigenvalue weighted by molar-refractivity contribution is 0.727. The summed E-state index contributed by atoms with van der Waals surface area (Å²) >= 11 is 0. The third kappa shape index (κ3) is 3.24. The normalized spacial score (nSPS) is 13.3. The van der Waals surface area contributed by atoms with Crippen molar-refractivity contribution in [3.05, 3.63) is 97.6 Å². The van der Waals surface area contributed by atoms with Gasteiger partial charge < -0.3 is 0 Å². The summed E-state index contributed by atoms with van der Waals surface area (Å²) in [6, 6.07) is 30.4. The molecule has 0 bridgehead atoms. The van der Waals surface area contributed by atoms with Crippen LogP contribution in [-0.4, -0.2) is 22.8 Å². The molecule has 0 fully saturated rings. The summed E-state index contributed by atoms with van der Waals surface area (Å²) in [5.41, 5.74) is 2.50. The molecule has 1 unspecified atom stereocenters. The topological polar surface area (TPSA) is 30.7 Å². The first-order valence-corrected chi connectivity index (χ1v) is 11.5. The maximum Gasteiger partial charge on any atom is 0.137 e. The van der Waals surface area contributed by atoms with Crippen LogP contribution in [0.2, 0.25) is 6.55 Å². The predicted molar refractivity (Wildman–Crippen MR) is 109 cm³/mol. The minimum atomic E-state index is -1.97. The van der Waals surface area contributed by atoms with E-state index in [9.17, 15) is 0 Å². The zero-order valence-corrected chi connectivity index (χ0v) is 15.8. The summed E-state index contributed by atoms with van der Waals surface area (Å²) in [5, 5.41) is 7.16. The van der Waals surface area contributed by atoms with E-state index in [2.05, 4.69) is 102 Å². The van der Waals surface area contributed by atoms with Crippen LogP contribution in [-0.2, 0) is 6.17 Å². The van der Waals surface area contributed by atoms with E-state index in [0.717, 1.165) is 6.17 Å². The molecule has 1 atom stereocenters. The molecule has 4 heteroatoms. The fourth-order valence-corrected chi connectivity index (χ4v) is 6.80. The molecule has 3 nitrogen and oxygen atoms in total. The second kappa shape index (κ2) is 7.10. The first kappa shape index (κ1) is 16.5. The van der Waals surface area contributed by atoms with Crippen molar-refractivity contribution in [1.29, 1.82) is 0 Å². The summed E-state index contributed by atoms with van der Waals surface area (Å²) in [4.78, 5) is 4.12. The second-order valence-electron chi connectivity index (χ2n) is 6.73. The van der Waals surface area contributed by atoms with E-state index in [1.54, 1.807) is 6.33 Å². The molecule has 0 aliphatic rings. The van der Waals surface area contributed by atoms with Gasteiger partial charge in [0, 0.05) is 6.17 Å². The largest absolute Gasteiger partial charge is 0.255 e. The van der Waals surface area contributed by atoms with Gasteiger partial charge in [0.2, 0.25) is 0 Å². The van der Waals surface area contributed by atoms with Crippen molar-refractivity contribution in [2.45, 2.75) is 12.7 Å². The predicted octanol–water partition coefficient (Wildman–Crippen LogP) is 3.38. The van der Waals surface area contributed by atoms with Crippen LogP contribution in [0.1, 0.15) is 0 Å². The van der Waals surface area contributed by atoms with Gasteiger partial charge in [-0.1, -0.05) is 102 Å². The van der Waals surface area contributed by atoms with Gasteiger partial charge in [0.25, 0.3) is 0 Å². The van der Waals surface area contributed by atoms with Crippen molar-refractivity contribution in [2.24, 2.45) is 0 Å². The van der Waals surface area contributed by atoms with Crippen molar-refractivity contribution in [1.82, 2.24) is 14.8 Å². The summed E-state index contributed by atoms with van der Waals surface area (Å²) in [5.74, 6) is 0. The average molecular weight is 356 g/mol. The Morgan fingerprint density at radius 3 is 1.92 bits per heavy atom. The van der Waals surface area contributed by atoms with E-state index in [0.29, 0.717) is 0 Å². The SMILES string of the molecule is C[Si](Cn1cncn1)(c1ccccc1)c1ccc(-c2ccccc2)cc1. The highest BCUT2D eigenvalue weighted by atomic mass is 28.3. The molecule has 0 N–H and O–H groups in total. The highest BCUT2D eigenvalue weighted by Gasteiger charge is 2.32. The van der Waals surface area contributed by atoms with Crippen LogP contribution < -0.4 is 10.4 Å². The van der Waals surface area contributed by atoms with Crippen LogP contribution in [0.4, 0.5) is 0 Å². The molecule has 0 saturated carbocycles. The Morgan fingerprint density at radius 1 is 0.731 bits per heavy atom. The molecule has 1 aromatic heterocycles. The number of hydrogen-bond donors (Lipinski definition) is 0. The van der Waals surface area contributed by atoms with Crippen molar-refractivity contribution in [3.63, 3.8) is 0 Å². The molecule has 0 aliphatic heterocycles. The van der Waals surface area contributed by atoms with E-state index in [1.165, 1.54) is 21.5 Å². The van der Waals surface area contributed by atoms with Crippen molar-refractivity contribution >= 4 is 18.4 Å². The highest BCUT2D eigenvalue weighted by Crippen LogP contribution is 2.18. The molecule has 3 aromatic carbocycles. The Morgan fingerprint density at radius 2 is 1.31 bits per heavy atom. The first-order chi connectivity index (χ1) is 12.8. The fraction of sp³-hybridized carbons (Fsp3) is 0.0909. The minimum Gasteiger partial charge on any atom is -0.255 e. The summed E-state index contributed by atoms with van der Waals surface area (Å²) in [7, 11) is -1.97. The Kier molecular flexibility index (Phi) is 4.50. The number of benzene rings is 3. The molecule has 26 heavy (non-hydrogen) atoms. The lowest BCUT2D eigenvalue weighted by Gasteiger charge is -2.28. The Balaban J connectivity index is 1.74. The van der Waals surface area contributed by atoms with Crippen molar-refractivity contribution in [2.75, 3.05) is 0 Å². The van der Waals surface area contributed by atoms with E-state index in [1.807, 2.05) is 11.0 Å². The molecule has 4 aromatic rings. The van der Waals surface area contributed by atoms with Crippen LogP contribution >= 0.6 is 0 Å². The Labute approximate surface area is 155 Å². The summed E-state index contributed by atoms with van der Waals surface area (Å²) in [6.45, 7) is 2.40. The molecule has 1 heterocycles. The maximum absolute atomic E-state index is 4.36. The Hall–Kier alpha value is -2.98. The van der Waals surface area contributed by atoms with Crippen molar-refractivity contribution in [3.8, 4) is 11.1 Å². The van der Waals surface area contributed by atoms with Crippen molar-refractivity contribution < 1.29 is 0 Å². The molecule has 4 rings (SSSR count). The zero-order valence-electron chi connectivity index (χ0n) is 14.8. The number of hydrogen-bond acceptors (Lipinski definition) is 2. The van der Waals surface area contributed by atoms with E-state index in [4.69, 9.17) is 0 Å². The standard InChI is InChI=1S/C22H21N3Si/c1-26(18-25-17-23-16-24-25,21-10-6-3-7-11-21)22-14-12-20(13-15-22)19-8-4-2-5-9-19/h2-17H,18H2,1H3.